The molecule has 0 amide bonds. The van der Waals surface area contributed by atoms with Crippen molar-refractivity contribution >= 4 is 16.9 Å². The van der Waals surface area contributed by atoms with Gasteiger partial charge in [-0.05, 0) is 42.5 Å². The van der Waals surface area contributed by atoms with E-state index in [0.29, 0.717) is 5.58 Å². The number of halogens is 3. The van der Waals surface area contributed by atoms with Crippen LogP contribution in [-0.2, 0) is 4.74 Å². The van der Waals surface area contributed by atoms with Crippen molar-refractivity contribution in [3.8, 4) is 11.5 Å². The summed E-state index contributed by atoms with van der Waals surface area (Å²) in [5.74, 6) is -0.805. The molecule has 130 valence electrons. The van der Waals surface area contributed by atoms with Crippen LogP contribution in [0.4, 0.5) is 13.2 Å². The van der Waals surface area contributed by atoms with Crippen LogP contribution in [-0.4, -0.2) is 24.3 Å². The molecular formula is C16H10F3NO5. The first-order chi connectivity index (χ1) is 11.9. The highest BCUT2D eigenvalue weighted by Crippen LogP contribution is 2.24. The average molecular weight is 353 g/mol. The Morgan fingerprint density at radius 1 is 1.08 bits per heavy atom. The van der Waals surface area contributed by atoms with E-state index in [-0.39, 0.29) is 17.1 Å². The lowest BCUT2D eigenvalue weighted by Gasteiger charge is -2.10. The van der Waals surface area contributed by atoms with Crippen molar-refractivity contribution in [2.45, 2.75) is 6.36 Å². The quantitative estimate of drug-likeness (QED) is 0.511. The first-order valence-electron chi connectivity index (χ1n) is 6.91. The maximum Gasteiger partial charge on any atom is 0.573 e. The van der Waals surface area contributed by atoms with Gasteiger partial charge in [-0.15, -0.1) is 13.2 Å². The van der Waals surface area contributed by atoms with Crippen LogP contribution < -0.4 is 9.47 Å². The van der Waals surface area contributed by atoms with E-state index >= 15 is 0 Å². The van der Waals surface area contributed by atoms with Gasteiger partial charge in [-0.3, -0.25) is 0 Å². The predicted molar refractivity (Wildman–Crippen MR) is 78.0 cm³/mol. The van der Waals surface area contributed by atoms with Crippen molar-refractivity contribution in [1.29, 1.82) is 0 Å². The minimum Gasteiger partial charge on any atom is -0.457 e. The van der Waals surface area contributed by atoms with Gasteiger partial charge in [0.25, 0.3) is 0 Å². The molecule has 9 heteroatoms. The second-order valence-corrected chi connectivity index (χ2v) is 4.79. The van der Waals surface area contributed by atoms with E-state index in [4.69, 9.17) is 14.0 Å². The molecule has 0 saturated carbocycles. The van der Waals surface area contributed by atoms with Crippen LogP contribution in [0, 0.1) is 0 Å². The molecule has 0 N–H and O–H groups in total. The minimum atomic E-state index is -4.76. The lowest BCUT2D eigenvalue weighted by atomic mass is 10.2. The molecule has 3 aromatic rings. The van der Waals surface area contributed by atoms with E-state index < -0.39 is 19.1 Å². The van der Waals surface area contributed by atoms with Crippen LogP contribution in [0.15, 0.2) is 53.2 Å². The molecule has 3 rings (SSSR count). The molecule has 0 unspecified atom stereocenters. The van der Waals surface area contributed by atoms with E-state index in [1.54, 1.807) is 12.1 Å². The Balaban J connectivity index is 1.52. The molecule has 0 saturated heterocycles. The summed E-state index contributed by atoms with van der Waals surface area (Å²) < 4.78 is 54.9. The zero-order valence-electron chi connectivity index (χ0n) is 12.4. The Bertz CT molecular complexity index is 873. The van der Waals surface area contributed by atoms with Gasteiger partial charge in [-0.25, -0.2) is 4.79 Å². The molecule has 0 bridgehead atoms. The summed E-state index contributed by atoms with van der Waals surface area (Å²) >= 11 is 0. The minimum absolute atomic E-state index is 0.216. The standard InChI is InChI=1S/C16H10F3NO5/c17-16(18,19)24-13-5-3-12(4-6-13)22-9-23-15(21)10-1-2-11-8-20-25-14(11)7-10/h1-8H,9H2. The second kappa shape index (κ2) is 6.71. The summed E-state index contributed by atoms with van der Waals surface area (Å²) in [6, 6.07) is 9.37. The van der Waals surface area contributed by atoms with Gasteiger partial charge in [-0.1, -0.05) is 5.16 Å². The largest absolute Gasteiger partial charge is 0.573 e. The Labute approximate surface area is 138 Å². The zero-order valence-corrected chi connectivity index (χ0v) is 12.4. The van der Waals surface area contributed by atoms with Crippen LogP contribution in [0.3, 0.4) is 0 Å². The van der Waals surface area contributed by atoms with E-state index in [2.05, 4.69) is 9.89 Å². The second-order valence-electron chi connectivity index (χ2n) is 4.79. The third kappa shape index (κ3) is 4.40. The molecule has 0 spiro atoms. The fourth-order valence-electron chi connectivity index (χ4n) is 1.96. The number of aromatic nitrogens is 1. The summed E-state index contributed by atoms with van der Waals surface area (Å²) in [6.45, 7) is -0.410. The number of benzene rings is 2. The highest BCUT2D eigenvalue weighted by Gasteiger charge is 2.30. The van der Waals surface area contributed by atoms with Gasteiger partial charge in [0.2, 0.25) is 6.79 Å². The van der Waals surface area contributed by atoms with Gasteiger partial charge in [0.1, 0.15) is 11.5 Å². The molecule has 0 atom stereocenters. The molecular weight excluding hydrogens is 343 g/mol. The molecule has 1 aromatic heterocycles. The van der Waals surface area contributed by atoms with E-state index in [1.165, 1.54) is 24.4 Å². The molecule has 0 radical (unpaired) electrons. The summed E-state index contributed by atoms with van der Waals surface area (Å²) in [4.78, 5) is 11.9. The normalized spacial score (nSPS) is 11.3. The van der Waals surface area contributed by atoms with Crippen molar-refractivity contribution in [3.05, 3.63) is 54.2 Å². The number of esters is 1. The number of hydrogen-bond donors (Lipinski definition) is 0. The number of carbonyl (C=O) groups is 1. The number of alkyl halides is 3. The van der Waals surface area contributed by atoms with Crippen molar-refractivity contribution in [2.75, 3.05) is 6.79 Å². The average Bonchev–Trinajstić information content (AvgIpc) is 3.02. The van der Waals surface area contributed by atoms with Crippen LogP contribution in [0.25, 0.3) is 11.0 Å². The summed E-state index contributed by atoms with van der Waals surface area (Å²) in [5, 5.41) is 4.34. The molecule has 0 aliphatic heterocycles. The molecule has 6 nitrogen and oxygen atoms in total. The SMILES string of the molecule is O=C(OCOc1ccc(OC(F)(F)F)cc1)c1ccc2cnoc2c1. The Kier molecular flexibility index (Phi) is 4.46. The number of ether oxygens (including phenoxy) is 3. The summed E-state index contributed by atoms with van der Waals surface area (Å²) in [6.07, 6.45) is -3.25. The summed E-state index contributed by atoms with van der Waals surface area (Å²) in [7, 11) is 0. The van der Waals surface area contributed by atoms with Crippen LogP contribution in [0.5, 0.6) is 11.5 Å². The molecule has 25 heavy (non-hydrogen) atoms. The van der Waals surface area contributed by atoms with Crippen molar-refractivity contribution in [1.82, 2.24) is 5.16 Å². The third-order valence-electron chi connectivity index (χ3n) is 3.07. The number of nitrogens with zero attached hydrogens (tertiary/aromatic N) is 1. The number of hydrogen-bond acceptors (Lipinski definition) is 6. The Morgan fingerprint density at radius 3 is 2.52 bits per heavy atom. The van der Waals surface area contributed by atoms with Crippen LogP contribution >= 0.6 is 0 Å². The zero-order chi connectivity index (χ0) is 17.9. The highest BCUT2D eigenvalue weighted by atomic mass is 19.4. The molecule has 2 aromatic carbocycles. The van der Waals surface area contributed by atoms with E-state index in [1.807, 2.05) is 0 Å². The maximum atomic E-state index is 12.0. The van der Waals surface area contributed by atoms with E-state index in [0.717, 1.165) is 17.5 Å². The van der Waals surface area contributed by atoms with Crippen LogP contribution in [0.1, 0.15) is 10.4 Å². The maximum absolute atomic E-state index is 12.0. The van der Waals surface area contributed by atoms with Gasteiger partial charge in [0, 0.05) is 5.39 Å². The molecule has 0 fully saturated rings. The fraction of sp³-hybridized carbons (Fsp3) is 0.125. The lowest BCUT2D eigenvalue weighted by molar-refractivity contribution is -0.274. The smallest absolute Gasteiger partial charge is 0.457 e. The molecule has 0 aliphatic rings. The summed E-state index contributed by atoms with van der Waals surface area (Å²) in [5.41, 5.74) is 0.692. The Morgan fingerprint density at radius 2 is 1.80 bits per heavy atom. The van der Waals surface area contributed by atoms with Gasteiger partial charge in [-0.2, -0.15) is 0 Å². The van der Waals surface area contributed by atoms with Gasteiger partial charge >= 0.3 is 12.3 Å². The fourth-order valence-corrected chi connectivity index (χ4v) is 1.96. The van der Waals surface area contributed by atoms with Gasteiger partial charge in [0.05, 0.1) is 11.8 Å². The highest BCUT2D eigenvalue weighted by molar-refractivity contribution is 5.93. The number of carbonyl (C=O) groups excluding carboxylic acids is 1. The molecule has 0 aliphatic carbocycles. The number of rotatable bonds is 5. The lowest BCUT2D eigenvalue weighted by Crippen LogP contribution is -2.17. The first-order valence-corrected chi connectivity index (χ1v) is 6.91. The molecule has 1 heterocycles. The van der Waals surface area contributed by atoms with Gasteiger partial charge < -0.3 is 18.7 Å². The number of fused-ring (bicyclic) bond motifs is 1. The van der Waals surface area contributed by atoms with Gasteiger partial charge in [0.15, 0.2) is 5.58 Å². The van der Waals surface area contributed by atoms with Crippen LogP contribution in [0.2, 0.25) is 0 Å². The van der Waals surface area contributed by atoms with Crippen molar-refractivity contribution in [2.24, 2.45) is 0 Å². The van der Waals surface area contributed by atoms with Crippen molar-refractivity contribution < 1.29 is 36.7 Å². The Hall–Kier alpha value is -3.23. The topological polar surface area (TPSA) is 70.8 Å². The third-order valence-corrected chi connectivity index (χ3v) is 3.07. The van der Waals surface area contributed by atoms with Crippen molar-refractivity contribution in [3.63, 3.8) is 0 Å². The predicted octanol–water partition coefficient (Wildman–Crippen LogP) is 3.92. The monoisotopic (exact) mass is 353 g/mol. The first kappa shape index (κ1) is 16.6. The van der Waals surface area contributed by atoms with E-state index in [9.17, 15) is 18.0 Å².